The van der Waals surface area contributed by atoms with Crippen LogP contribution in [0.25, 0.3) is 0 Å². The Bertz CT molecular complexity index is 298. The molecule has 1 aromatic rings. The number of hydrogen-bond acceptors (Lipinski definition) is 4. The predicted octanol–water partition coefficient (Wildman–Crippen LogP) is 1.62. The number of rotatable bonds is 3. The summed E-state index contributed by atoms with van der Waals surface area (Å²) in [6, 6.07) is 0. The summed E-state index contributed by atoms with van der Waals surface area (Å²) < 4.78 is 6.31. The Hall–Kier alpha value is -0.680. The van der Waals surface area contributed by atoms with Crippen LogP contribution in [0.1, 0.15) is 12.8 Å². The van der Waals surface area contributed by atoms with Gasteiger partial charge in [0, 0.05) is 0 Å². The number of aromatic nitrogens is 2. The minimum absolute atomic E-state index is 0.608. The van der Waals surface area contributed by atoms with E-state index in [4.69, 9.17) is 4.74 Å². The van der Waals surface area contributed by atoms with Crippen molar-refractivity contribution in [2.75, 3.05) is 19.7 Å². The zero-order chi connectivity index (χ0) is 10.5. The second-order valence-electron chi connectivity index (χ2n) is 3.68. The molecule has 1 aromatic heterocycles. The maximum Gasteiger partial charge on any atom is 0.232 e. The molecule has 0 atom stereocenters. The molecule has 0 bridgehead atoms. The summed E-state index contributed by atoms with van der Waals surface area (Å²) in [6.45, 7) is 2.94. The molecule has 1 N–H and O–H groups in total. The fourth-order valence-electron chi connectivity index (χ4n) is 1.63. The molecule has 0 aliphatic carbocycles. The van der Waals surface area contributed by atoms with E-state index in [1.165, 1.54) is 12.8 Å². The van der Waals surface area contributed by atoms with E-state index in [0.717, 1.165) is 24.3 Å². The average Bonchev–Trinajstić information content (AvgIpc) is 2.30. The Balaban J connectivity index is 1.79. The van der Waals surface area contributed by atoms with Crippen molar-refractivity contribution in [1.82, 2.24) is 15.3 Å². The van der Waals surface area contributed by atoms with Gasteiger partial charge in [-0.25, -0.2) is 9.97 Å². The van der Waals surface area contributed by atoms with Crippen molar-refractivity contribution in [2.45, 2.75) is 12.8 Å². The third kappa shape index (κ3) is 3.43. The van der Waals surface area contributed by atoms with Crippen LogP contribution >= 0.6 is 15.9 Å². The molecule has 2 rings (SSSR count). The third-order valence-corrected chi connectivity index (χ3v) is 2.93. The molecule has 1 aliphatic rings. The average molecular weight is 272 g/mol. The van der Waals surface area contributed by atoms with E-state index in [0.29, 0.717) is 11.8 Å². The minimum Gasteiger partial charge on any atom is -0.476 e. The lowest BCUT2D eigenvalue weighted by molar-refractivity contribution is 0.208. The van der Waals surface area contributed by atoms with Crippen molar-refractivity contribution in [3.05, 3.63) is 17.0 Å². The summed E-state index contributed by atoms with van der Waals surface area (Å²) >= 11 is 3.24. The van der Waals surface area contributed by atoms with Crippen molar-refractivity contribution in [1.29, 1.82) is 0 Å². The molecule has 0 spiro atoms. The number of ether oxygens (including phenoxy) is 1. The Labute approximate surface area is 97.6 Å². The quantitative estimate of drug-likeness (QED) is 0.908. The first-order chi connectivity index (χ1) is 7.34. The molecule has 1 saturated heterocycles. The van der Waals surface area contributed by atoms with Gasteiger partial charge in [0.2, 0.25) is 5.88 Å². The highest BCUT2D eigenvalue weighted by atomic mass is 79.9. The van der Waals surface area contributed by atoms with Gasteiger partial charge in [-0.15, -0.1) is 0 Å². The van der Waals surface area contributed by atoms with Crippen molar-refractivity contribution >= 4 is 15.9 Å². The standard InChI is InChI=1S/C10H14BrN3O/c11-9-5-14-10(6-13-9)15-7-8-1-3-12-4-2-8/h5-6,8,12H,1-4,7H2. The van der Waals surface area contributed by atoms with Gasteiger partial charge in [-0.2, -0.15) is 0 Å². The fourth-order valence-corrected chi connectivity index (χ4v) is 1.83. The van der Waals surface area contributed by atoms with Crippen molar-refractivity contribution in [3.63, 3.8) is 0 Å². The van der Waals surface area contributed by atoms with Gasteiger partial charge in [-0.05, 0) is 47.8 Å². The zero-order valence-corrected chi connectivity index (χ0v) is 10.0. The molecule has 0 aromatic carbocycles. The summed E-state index contributed by atoms with van der Waals surface area (Å²) in [5, 5.41) is 3.33. The van der Waals surface area contributed by atoms with Crippen LogP contribution in [0, 0.1) is 5.92 Å². The Morgan fingerprint density at radius 3 is 2.80 bits per heavy atom. The van der Waals surface area contributed by atoms with E-state index in [2.05, 4.69) is 31.2 Å². The molecule has 0 saturated carbocycles. The summed E-state index contributed by atoms with van der Waals surface area (Å²) in [5.74, 6) is 1.26. The van der Waals surface area contributed by atoms with E-state index >= 15 is 0 Å². The van der Waals surface area contributed by atoms with Gasteiger partial charge in [0.15, 0.2) is 0 Å². The molecule has 1 aliphatic heterocycles. The van der Waals surface area contributed by atoms with Crippen LogP contribution < -0.4 is 10.1 Å². The molecular formula is C10H14BrN3O. The van der Waals surface area contributed by atoms with Gasteiger partial charge in [-0.1, -0.05) is 0 Å². The Morgan fingerprint density at radius 2 is 2.13 bits per heavy atom. The maximum atomic E-state index is 5.58. The summed E-state index contributed by atoms with van der Waals surface area (Å²) in [7, 11) is 0. The predicted molar refractivity (Wildman–Crippen MR) is 60.8 cm³/mol. The van der Waals surface area contributed by atoms with Crippen LogP contribution in [0.4, 0.5) is 0 Å². The second-order valence-corrected chi connectivity index (χ2v) is 4.49. The van der Waals surface area contributed by atoms with Crippen molar-refractivity contribution in [3.8, 4) is 5.88 Å². The number of halogens is 1. The lowest BCUT2D eigenvalue weighted by Gasteiger charge is -2.22. The molecule has 15 heavy (non-hydrogen) atoms. The number of nitrogens with one attached hydrogen (secondary N) is 1. The molecule has 0 unspecified atom stereocenters. The third-order valence-electron chi connectivity index (χ3n) is 2.52. The number of nitrogens with zero attached hydrogens (tertiary/aromatic N) is 2. The Morgan fingerprint density at radius 1 is 1.33 bits per heavy atom. The molecule has 0 radical (unpaired) electrons. The van der Waals surface area contributed by atoms with E-state index < -0.39 is 0 Å². The van der Waals surface area contributed by atoms with Crippen LogP contribution in [-0.2, 0) is 0 Å². The molecule has 2 heterocycles. The molecular weight excluding hydrogens is 258 g/mol. The van der Waals surface area contributed by atoms with E-state index in [9.17, 15) is 0 Å². The van der Waals surface area contributed by atoms with Crippen LogP contribution in [0.3, 0.4) is 0 Å². The number of piperidine rings is 1. The van der Waals surface area contributed by atoms with Crippen LogP contribution in [0.5, 0.6) is 5.88 Å². The lowest BCUT2D eigenvalue weighted by Crippen LogP contribution is -2.30. The SMILES string of the molecule is Brc1cnc(OCC2CCNCC2)cn1. The van der Waals surface area contributed by atoms with Crippen molar-refractivity contribution in [2.24, 2.45) is 5.92 Å². The monoisotopic (exact) mass is 271 g/mol. The van der Waals surface area contributed by atoms with E-state index in [1.54, 1.807) is 12.4 Å². The molecule has 4 nitrogen and oxygen atoms in total. The maximum absolute atomic E-state index is 5.58. The normalized spacial score (nSPS) is 17.7. The summed E-state index contributed by atoms with van der Waals surface area (Å²) in [5.41, 5.74) is 0. The van der Waals surface area contributed by atoms with Crippen LogP contribution in [0.2, 0.25) is 0 Å². The van der Waals surface area contributed by atoms with Gasteiger partial charge in [0.1, 0.15) is 4.60 Å². The van der Waals surface area contributed by atoms with Gasteiger partial charge in [-0.3, -0.25) is 0 Å². The summed E-state index contributed by atoms with van der Waals surface area (Å²) in [4.78, 5) is 8.18. The van der Waals surface area contributed by atoms with Crippen molar-refractivity contribution < 1.29 is 4.74 Å². The zero-order valence-electron chi connectivity index (χ0n) is 8.45. The minimum atomic E-state index is 0.608. The highest BCUT2D eigenvalue weighted by Crippen LogP contribution is 2.14. The lowest BCUT2D eigenvalue weighted by atomic mass is 9.99. The van der Waals surface area contributed by atoms with Crippen LogP contribution in [-0.4, -0.2) is 29.7 Å². The second kappa shape index (κ2) is 5.42. The fraction of sp³-hybridized carbons (Fsp3) is 0.600. The van der Waals surface area contributed by atoms with Crippen LogP contribution in [0.15, 0.2) is 17.0 Å². The largest absolute Gasteiger partial charge is 0.476 e. The number of hydrogen-bond donors (Lipinski definition) is 1. The first-order valence-corrected chi connectivity index (χ1v) is 5.95. The smallest absolute Gasteiger partial charge is 0.232 e. The van der Waals surface area contributed by atoms with E-state index in [1.807, 2.05) is 0 Å². The highest BCUT2D eigenvalue weighted by molar-refractivity contribution is 9.10. The van der Waals surface area contributed by atoms with Gasteiger partial charge < -0.3 is 10.1 Å². The molecule has 1 fully saturated rings. The molecule has 5 heteroatoms. The van der Waals surface area contributed by atoms with Gasteiger partial charge >= 0.3 is 0 Å². The van der Waals surface area contributed by atoms with Gasteiger partial charge in [0.05, 0.1) is 19.0 Å². The first kappa shape index (κ1) is 10.8. The first-order valence-electron chi connectivity index (χ1n) is 5.15. The van der Waals surface area contributed by atoms with E-state index in [-0.39, 0.29) is 0 Å². The topological polar surface area (TPSA) is 47.0 Å². The molecule has 82 valence electrons. The highest BCUT2D eigenvalue weighted by Gasteiger charge is 2.13. The Kier molecular flexibility index (Phi) is 3.91. The molecule has 0 amide bonds. The van der Waals surface area contributed by atoms with Gasteiger partial charge in [0.25, 0.3) is 0 Å². The summed E-state index contributed by atoms with van der Waals surface area (Å²) in [6.07, 6.45) is 5.66.